The summed E-state index contributed by atoms with van der Waals surface area (Å²) in [6.45, 7) is 4.66. The molecular weight excluding hydrogens is 92.1 g/mol. The Morgan fingerprint density at radius 3 is 2.29 bits per heavy atom. The highest BCUT2D eigenvalue weighted by molar-refractivity contribution is 4.54. The highest BCUT2D eigenvalue weighted by Crippen LogP contribution is 2.08. The van der Waals surface area contributed by atoms with E-state index in [1.807, 2.05) is 13.8 Å². The van der Waals surface area contributed by atoms with Gasteiger partial charge in [0.05, 0.1) is 12.7 Å². The van der Waals surface area contributed by atoms with Crippen LogP contribution in [0.25, 0.3) is 0 Å². The highest BCUT2D eigenvalue weighted by atomic mass is 16.7. The van der Waals surface area contributed by atoms with Crippen LogP contribution in [0.4, 0.5) is 0 Å². The monoisotopic (exact) mass is 102 g/mol. The van der Waals surface area contributed by atoms with Crippen LogP contribution < -0.4 is 0 Å². The maximum atomic E-state index is 5.14. The molecular formula is C5H10O2. The highest BCUT2D eigenvalue weighted by Gasteiger charge is 2.16. The van der Waals surface area contributed by atoms with Gasteiger partial charge in [0, 0.05) is 0 Å². The first-order valence-electron chi connectivity index (χ1n) is 2.56. The molecule has 2 heteroatoms. The zero-order valence-electron chi connectivity index (χ0n) is 4.68. The van der Waals surface area contributed by atoms with Crippen molar-refractivity contribution in [3.8, 4) is 0 Å². The van der Waals surface area contributed by atoms with E-state index in [4.69, 9.17) is 9.47 Å². The summed E-state index contributed by atoms with van der Waals surface area (Å²) in [5, 5.41) is 0. The van der Waals surface area contributed by atoms with Gasteiger partial charge in [-0.15, -0.1) is 0 Å². The average Bonchev–Trinajstić information content (AvgIpc) is 1.87. The van der Waals surface area contributed by atoms with Gasteiger partial charge in [-0.2, -0.15) is 0 Å². The van der Waals surface area contributed by atoms with E-state index in [2.05, 4.69) is 0 Å². The number of hydrogen-bond acceptors (Lipinski definition) is 2. The maximum Gasteiger partial charge on any atom is 0.155 e. The van der Waals surface area contributed by atoms with E-state index < -0.39 is 0 Å². The summed E-state index contributed by atoms with van der Waals surface area (Å²) in [5.74, 6) is 0. The average molecular weight is 102 g/mol. The molecule has 0 bridgehead atoms. The fourth-order valence-corrected chi connectivity index (χ4v) is 0.677. The molecule has 0 radical (unpaired) electrons. The normalized spacial score (nSPS) is 42.0. The Balaban J connectivity index is 2.26. The fraction of sp³-hybridized carbons (Fsp3) is 1.00. The predicted molar refractivity (Wildman–Crippen MR) is 26.0 cm³/mol. The smallest absolute Gasteiger partial charge is 0.155 e. The molecule has 1 saturated heterocycles. The van der Waals surface area contributed by atoms with Gasteiger partial charge in [0.1, 0.15) is 0 Å². The maximum absolute atomic E-state index is 5.14. The van der Waals surface area contributed by atoms with E-state index in [-0.39, 0.29) is 6.29 Å². The Bertz CT molecular complexity index is 55.1. The molecule has 0 aromatic heterocycles. The van der Waals surface area contributed by atoms with Gasteiger partial charge in [0.15, 0.2) is 6.29 Å². The van der Waals surface area contributed by atoms with Crippen LogP contribution in [0.3, 0.4) is 0 Å². The zero-order valence-corrected chi connectivity index (χ0v) is 4.68. The van der Waals surface area contributed by atoms with Crippen molar-refractivity contribution < 1.29 is 9.47 Å². The summed E-state index contributed by atoms with van der Waals surface area (Å²) in [5.41, 5.74) is 0. The third-order valence-electron chi connectivity index (χ3n) is 0.990. The molecule has 0 aromatic carbocycles. The summed E-state index contributed by atoms with van der Waals surface area (Å²) in [4.78, 5) is 0. The standard InChI is InChI=1S/C5H10O2/c1-4-3-6-5(2)7-4/h4-5H,3H2,1-2H3/t4-,5?/m0/s1. The SMILES string of the molecule is CC1OC[C@H](C)O1. The van der Waals surface area contributed by atoms with Gasteiger partial charge in [0.25, 0.3) is 0 Å². The van der Waals surface area contributed by atoms with Crippen LogP contribution in [0.5, 0.6) is 0 Å². The molecule has 42 valence electrons. The predicted octanol–water partition coefficient (Wildman–Crippen LogP) is 0.768. The van der Waals surface area contributed by atoms with E-state index in [1.165, 1.54) is 0 Å². The second-order valence-electron chi connectivity index (χ2n) is 1.85. The Morgan fingerprint density at radius 2 is 2.14 bits per heavy atom. The fourth-order valence-electron chi connectivity index (χ4n) is 0.677. The first-order valence-corrected chi connectivity index (χ1v) is 2.56. The lowest BCUT2D eigenvalue weighted by molar-refractivity contribution is -0.0389. The van der Waals surface area contributed by atoms with Crippen molar-refractivity contribution in [2.24, 2.45) is 0 Å². The Morgan fingerprint density at radius 1 is 1.43 bits per heavy atom. The van der Waals surface area contributed by atoms with Gasteiger partial charge in [-0.25, -0.2) is 0 Å². The van der Waals surface area contributed by atoms with Crippen LogP contribution in [0.1, 0.15) is 13.8 Å². The lowest BCUT2D eigenvalue weighted by atomic mass is 10.5. The van der Waals surface area contributed by atoms with Crippen molar-refractivity contribution in [2.75, 3.05) is 6.61 Å². The lowest BCUT2D eigenvalue weighted by Gasteiger charge is -1.98. The van der Waals surface area contributed by atoms with E-state index in [9.17, 15) is 0 Å². The third kappa shape index (κ3) is 1.14. The number of ether oxygens (including phenoxy) is 2. The summed E-state index contributed by atoms with van der Waals surface area (Å²) < 4.78 is 10.2. The van der Waals surface area contributed by atoms with Gasteiger partial charge in [-0.3, -0.25) is 0 Å². The third-order valence-corrected chi connectivity index (χ3v) is 0.990. The molecule has 0 N–H and O–H groups in total. The minimum absolute atomic E-state index is 0.0231. The minimum Gasteiger partial charge on any atom is -0.350 e. The minimum atomic E-state index is 0.0231. The molecule has 7 heavy (non-hydrogen) atoms. The van der Waals surface area contributed by atoms with Crippen LogP contribution in [-0.2, 0) is 9.47 Å². The van der Waals surface area contributed by atoms with Gasteiger partial charge in [-0.1, -0.05) is 0 Å². The Hall–Kier alpha value is -0.0800. The first kappa shape index (κ1) is 5.06. The summed E-state index contributed by atoms with van der Waals surface area (Å²) in [6.07, 6.45) is 0.324. The van der Waals surface area contributed by atoms with Crippen LogP contribution in [-0.4, -0.2) is 19.0 Å². The van der Waals surface area contributed by atoms with E-state index >= 15 is 0 Å². The molecule has 1 heterocycles. The summed E-state index contributed by atoms with van der Waals surface area (Å²) >= 11 is 0. The van der Waals surface area contributed by atoms with E-state index in [0.717, 1.165) is 6.61 Å². The van der Waals surface area contributed by atoms with Crippen molar-refractivity contribution >= 4 is 0 Å². The topological polar surface area (TPSA) is 18.5 Å². The Kier molecular flexibility index (Phi) is 1.30. The number of rotatable bonds is 0. The lowest BCUT2D eigenvalue weighted by Crippen LogP contribution is -2.03. The molecule has 0 aromatic rings. The van der Waals surface area contributed by atoms with Gasteiger partial charge in [0.2, 0.25) is 0 Å². The summed E-state index contributed by atoms with van der Waals surface area (Å²) in [7, 11) is 0. The number of hydrogen-bond donors (Lipinski definition) is 0. The quantitative estimate of drug-likeness (QED) is 0.449. The van der Waals surface area contributed by atoms with Crippen molar-refractivity contribution in [2.45, 2.75) is 26.2 Å². The molecule has 2 nitrogen and oxygen atoms in total. The zero-order chi connectivity index (χ0) is 5.28. The molecule has 0 spiro atoms. The molecule has 1 fully saturated rings. The van der Waals surface area contributed by atoms with Gasteiger partial charge < -0.3 is 9.47 Å². The van der Waals surface area contributed by atoms with E-state index in [1.54, 1.807) is 0 Å². The molecule has 1 aliphatic heterocycles. The molecule has 0 amide bonds. The van der Waals surface area contributed by atoms with Gasteiger partial charge in [-0.05, 0) is 13.8 Å². The van der Waals surface area contributed by atoms with Crippen LogP contribution in [0.15, 0.2) is 0 Å². The van der Waals surface area contributed by atoms with Crippen LogP contribution in [0, 0.1) is 0 Å². The molecule has 1 rings (SSSR count). The van der Waals surface area contributed by atoms with Crippen molar-refractivity contribution in [3.63, 3.8) is 0 Å². The molecule has 2 atom stereocenters. The molecule has 0 aliphatic carbocycles. The second kappa shape index (κ2) is 1.80. The Labute approximate surface area is 43.4 Å². The van der Waals surface area contributed by atoms with E-state index in [0.29, 0.717) is 6.10 Å². The summed E-state index contributed by atoms with van der Waals surface area (Å²) in [6, 6.07) is 0. The van der Waals surface area contributed by atoms with Gasteiger partial charge >= 0.3 is 0 Å². The second-order valence-corrected chi connectivity index (χ2v) is 1.85. The van der Waals surface area contributed by atoms with Crippen molar-refractivity contribution in [3.05, 3.63) is 0 Å². The molecule has 0 saturated carbocycles. The van der Waals surface area contributed by atoms with Crippen molar-refractivity contribution in [1.82, 2.24) is 0 Å². The molecule has 1 unspecified atom stereocenters. The first-order chi connectivity index (χ1) is 3.29. The van der Waals surface area contributed by atoms with Crippen molar-refractivity contribution in [1.29, 1.82) is 0 Å². The van der Waals surface area contributed by atoms with Crippen LogP contribution in [0.2, 0.25) is 0 Å². The molecule has 1 aliphatic rings. The largest absolute Gasteiger partial charge is 0.350 e. The van der Waals surface area contributed by atoms with Crippen LogP contribution >= 0.6 is 0 Å².